The minimum Gasteiger partial charge on any atom is -0.352 e. The Morgan fingerprint density at radius 2 is 1.92 bits per heavy atom. The number of nitrogens with zero attached hydrogens (tertiary/aromatic N) is 2. The Morgan fingerprint density at radius 3 is 2.64 bits per heavy atom. The summed E-state index contributed by atoms with van der Waals surface area (Å²) in [6.45, 7) is 4.79. The van der Waals surface area contributed by atoms with Crippen molar-refractivity contribution >= 4 is 16.8 Å². The minimum absolute atomic E-state index is 0.214. The van der Waals surface area contributed by atoms with Crippen LogP contribution in [-0.2, 0) is 0 Å². The maximum Gasteiger partial charge on any atom is 0.252 e. The monoisotopic (exact) mass is 337 g/mol. The highest BCUT2D eigenvalue weighted by Crippen LogP contribution is 2.25. The Kier molecular flexibility index (Phi) is 5.03. The van der Waals surface area contributed by atoms with Gasteiger partial charge in [-0.2, -0.15) is 0 Å². The Morgan fingerprint density at radius 1 is 1.16 bits per heavy atom. The van der Waals surface area contributed by atoms with Crippen molar-refractivity contribution in [3.05, 3.63) is 60.2 Å². The maximum atomic E-state index is 13.7. The van der Waals surface area contributed by atoms with Gasteiger partial charge < -0.3 is 5.32 Å². The number of nitrogens with one attached hydrogen (secondary N) is 1. The Bertz CT molecular complexity index is 894. The van der Waals surface area contributed by atoms with Crippen LogP contribution in [0.3, 0.4) is 0 Å². The van der Waals surface area contributed by atoms with Crippen molar-refractivity contribution in [1.82, 2.24) is 15.3 Å². The third kappa shape index (κ3) is 3.99. The lowest BCUT2D eigenvalue weighted by molar-refractivity contribution is 0.0953. The number of hydrogen-bond acceptors (Lipinski definition) is 3. The predicted octanol–water partition coefficient (Wildman–Crippen LogP) is 4.21. The number of hydrogen-bond donors (Lipinski definition) is 1. The molecular formula is C20H20FN3O. The fraction of sp³-hybridized carbons (Fsp3) is 0.250. The SMILES string of the molecule is CC(C)CCNC(=O)c1cc(-c2ccncc2)nc2ccc(F)cc12. The van der Waals surface area contributed by atoms with Crippen molar-refractivity contribution in [1.29, 1.82) is 0 Å². The average Bonchev–Trinajstić information content (AvgIpc) is 2.61. The number of carbonyl (C=O) groups is 1. The molecule has 0 aliphatic heterocycles. The first-order valence-corrected chi connectivity index (χ1v) is 8.33. The van der Waals surface area contributed by atoms with E-state index in [-0.39, 0.29) is 11.7 Å². The Labute approximate surface area is 146 Å². The molecule has 4 nitrogen and oxygen atoms in total. The number of benzene rings is 1. The molecule has 25 heavy (non-hydrogen) atoms. The second-order valence-corrected chi connectivity index (χ2v) is 6.39. The highest BCUT2D eigenvalue weighted by molar-refractivity contribution is 6.07. The van der Waals surface area contributed by atoms with E-state index in [0.717, 1.165) is 12.0 Å². The molecule has 2 heterocycles. The van der Waals surface area contributed by atoms with Crippen LogP contribution in [0.1, 0.15) is 30.6 Å². The lowest BCUT2D eigenvalue weighted by Gasteiger charge is -2.11. The Balaban J connectivity index is 2.04. The van der Waals surface area contributed by atoms with Crippen molar-refractivity contribution in [2.24, 2.45) is 5.92 Å². The lowest BCUT2D eigenvalue weighted by Crippen LogP contribution is -2.25. The molecular weight excluding hydrogens is 317 g/mol. The molecule has 0 saturated carbocycles. The molecule has 1 amide bonds. The van der Waals surface area contributed by atoms with Crippen molar-refractivity contribution in [2.45, 2.75) is 20.3 Å². The Hall–Kier alpha value is -2.82. The molecule has 1 N–H and O–H groups in total. The summed E-state index contributed by atoms with van der Waals surface area (Å²) in [5.41, 5.74) is 2.54. The van der Waals surface area contributed by atoms with Gasteiger partial charge in [0.25, 0.3) is 5.91 Å². The molecule has 0 bridgehead atoms. The topological polar surface area (TPSA) is 54.9 Å². The molecule has 0 aliphatic rings. The quantitative estimate of drug-likeness (QED) is 0.759. The second kappa shape index (κ2) is 7.38. The lowest BCUT2D eigenvalue weighted by atomic mass is 10.0. The van der Waals surface area contributed by atoms with Gasteiger partial charge in [0.1, 0.15) is 5.82 Å². The molecule has 0 spiro atoms. The molecule has 0 unspecified atom stereocenters. The van der Waals surface area contributed by atoms with Crippen LogP contribution in [0.5, 0.6) is 0 Å². The standard InChI is InChI=1S/C20H20FN3O/c1-13(2)5-10-23-20(25)17-12-19(14-6-8-22-9-7-14)24-18-4-3-15(21)11-16(17)18/h3-4,6-9,11-13H,5,10H2,1-2H3,(H,23,25). The zero-order valence-electron chi connectivity index (χ0n) is 14.3. The molecule has 1 aromatic carbocycles. The van der Waals surface area contributed by atoms with Gasteiger partial charge in [-0.05, 0) is 48.7 Å². The number of halogens is 1. The molecule has 0 fully saturated rings. The largest absolute Gasteiger partial charge is 0.352 e. The van der Waals surface area contributed by atoms with Crippen molar-refractivity contribution < 1.29 is 9.18 Å². The number of aromatic nitrogens is 2. The predicted molar refractivity (Wildman–Crippen MR) is 96.7 cm³/mol. The van der Waals surface area contributed by atoms with E-state index < -0.39 is 0 Å². The number of fused-ring (bicyclic) bond motifs is 1. The van der Waals surface area contributed by atoms with E-state index in [1.165, 1.54) is 12.1 Å². The minimum atomic E-state index is -0.387. The van der Waals surface area contributed by atoms with Crippen LogP contribution >= 0.6 is 0 Å². The van der Waals surface area contributed by atoms with Gasteiger partial charge in [0.2, 0.25) is 0 Å². The molecule has 3 aromatic rings. The van der Waals surface area contributed by atoms with Crippen LogP contribution in [0.15, 0.2) is 48.8 Å². The van der Waals surface area contributed by atoms with Crippen LogP contribution in [0.4, 0.5) is 4.39 Å². The van der Waals surface area contributed by atoms with Gasteiger partial charge in [-0.15, -0.1) is 0 Å². The van der Waals surface area contributed by atoms with E-state index in [0.29, 0.717) is 34.6 Å². The fourth-order valence-corrected chi connectivity index (χ4v) is 2.63. The first-order chi connectivity index (χ1) is 12.0. The summed E-state index contributed by atoms with van der Waals surface area (Å²) >= 11 is 0. The number of pyridine rings is 2. The number of rotatable bonds is 5. The van der Waals surface area contributed by atoms with Gasteiger partial charge in [0.15, 0.2) is 0 Å². The summed E-state index contributed by atoms with van der Waals surface area (Å²) in [5.74, 6) is -0.101. The molecule has 0 radical (unpaired) electrons. The zero-order chi connectivity index (χ0) is 17.8. The average molecular weight is 337 g/mol. The van der Waals surface area contributed by atoms with Crippen molar-refractivity contribution in [3.63, 3.8) is 0 Å². The van der Waals surface area contributed by atoms with Gasteiger partial charge >= 0.3 is 0 Å². The van der Waals surface area contributed by atoms with Crippen molar-refractivity contribution in [2.75, 3.05) is 6.54 Å². The first kappa shape index (κ1) is 17.0. The van der Waals surface area contributed by atoms with Gasteiger partial charge in [0, 0.05) is 29.9 Å². The summed E-state index contributed by atoms with van der Waals surface area (Å²) < 4.78 is 13.7. The molecule has 2 aromatic heterocycles. The highest BCUT2D eigenvalue weighted by Gasteiger charge is 2.14. The van der Waals surface area contributed by atoms with Crippen LogP contribution in [-0.4, -0.2) is 22.4 Å². The summed E-state index contributed by atoms with van der Waals surface area (Å²) in [6.07, 6.45) is 4.24. The van der Waals surface area contributed by atoms with Gasteiger partial charge in [-0.3, -0.25) is 9.78 Å². The first-order valence-electron chi connectivity index (χ1n) is 8.33. The smallest absolute Gasteiger partial charge is 0.252 e. The molecule has 0 atom stereocenters. The molecule has 0 saturated heterocycles. The van der Waals surface area contributed by atoms with Crippen LogP contribution < -0.4 is 5.32 Å². The number of carbonyl (C=O) groups excluding carboxylic acids is 1. The van der Waals surface area contributed by atoms with Gasteiger partial charge in [-0.25, -0.2) is 9.37 Å². The molecule has 0 aliphatic carbocycles. The van der Waals surface area contributed by atoms with E-state index in [1.54, 1.807) is 24.5 Å². The summed E-state index contributed by atoms with van der Waals surface area (Å²) in [5, 5.41) is 3.43. The third-order valence-electron chi connectivity index (χ3n) is 4.00. The highest BCUT2D eigenvalue weighted by atomic mass is 19.1. The maximum absolute atomic E-state index is 13.7. The molecule has 3 rings (SSSR count). The summed E-state index contributed by atoms with van der Waals surface area (Å²) in [7, 11) is 0. The normalized spacial score (nSPS) is 11.0. The van der Waals surface area contributed by atoms with E-state index in [2.05, 4.69) is 29.1 Å². The van der Waals surface area contributed by atoms with E-state index >= 15 is 0 Å². The van der Waals surface area contributed by atoms with Gasteiger partial charge in [-0.1, -0.05) is 13.8 Å². The molecule has 5 heteroatoms. The van der Waals surface area contributed by atoms with Crippen LogP contribution in [0, 0.1) is 11.7 Å². The van der Waals surface area contributed by atoms with E-state index in [1.807, 2.05) is 12.1 Å². The van der Waals surface area contributed by atoms with Gasteiger partial charge in [0.05, 0.1) is 16.8 Å². The van der Waals surface area contributed by atoms with E-state index in [4.69, 9.17) is 0 Å². The van der Waals surface area contributed by atoms with Crippen LogP contribution in [0.25, 0.3) is 22.2 Å². The van der Waals surface area contributed by atoms with Crippen LogP contribution in [0.2, 0.25) is 0 Å². The summed E-state index contributed by atoms with van der Waals surface area (Å²) in [6, 6.07) is 9.68. The number of amides is 1. The fourth-order valence-electron chi connectivity index (χ4n) is 2.63. The van der Waals surface area contributed by atoms with Crippen molar-refractivity contribution in [3.8, 4) is 11.3 Å². The van der Waals surface area contributed by atoms with E-state index in [9.17, 15) is 9.18 Å². The second-order valence-electron chi connectivity index (χ2n) is 6.39. The molecule has 128 valence electrons. The third-order valence-corrected chi connectivity index (χ3v) is 4.00. The zero-order valence-corrected chi connectivity index (χ0v) is 14.3. The summed E-state index contributed by atoms with van der Waals surface area (Å²) in [4.78, 5) is 21.2.